The molecule has 0 bridgehead atoms. The van der Waals surface area contributed by atoms with Gasteiger partial charge in [0.15, 0.2) is 5.78 Å². The first-order valence-corrected chi connectivity index (χ1v) is 16.1. The number of nitrogens with zero attached hydrogens (tertiary/aromatic N) is 2. The van der Waals surface area contributed by atoms with Gasteiger partial charge in [0.05, 0.1) is 21.1 Å². The average Bonchev–Trinajstić information content (AvgIpc) is 3.58. The normalized spacial score (nSPS) is 16.2. The van der Waals surface area contributed by atoms with Crippen molar-refractivity contribution in [1.82, 2.24) is 15.2 Å². The van der Waals surface area contributed by atoms with E-state index < -0.39 is 5.92 Å². The van der Waals surface area contributed by atoms with Crippen LogP contribution in [0.1, 0.15) is 102 Å². The highest BCUT2D eigenvalue weighted by atomic mass is 32.1. The van der Waals surface area contributed by atoms with Crippen molar-refractivity contribution in [3.05, 3.63) is 40.9 Å². The quantitative estimate of drug-likeness (QED) is 0.211. The molecule has 1 fully saturated rings. The van der Waals surface area contributed by atoms with E-state index in [1.54, 1.807) is 11.3 Å². The Hall–Kier alpha value is -2.38. The minimum Gasteiger partial charge on any atom is -0.353 e. The summed E-state index contributed by atoms with van der Waals surface area (Å²) in [5.74, 6) is 0.255. The van der Waals surface area contributed by atoms with Crippen LogP contribution >= 0.6 is 11.3 Å². The van der Waals surface area contributed by atoms with Crippen LogP contribution in [0.4, 0.5) is 0 Å². The number of hydrogen-bond donors (Lipinski definition) is 1. The first-order chi connectivity index (χ1) is 19.1. The predicted molar refractivity (Wildman–Crippen MR) is 166 cm³/mol. The fourth-order valence-electron chi connectivity index (χ4n) is 5.41. The summed E-state index contributed by atoms with van der Waals surface area (Å²) < 4.78 is 1.12. The van der Waals surface area contributed by atoms with Crippen molar-refractivity contribution in [1.29, 1.82) is 0 Å². The molecule has 0 radical (unpaired) electrons. The SMILES string of the molecule is C=C(CN1CCCC1)C(=O)CC[C@@H](NC(=O)[C@@H](CC(=O)CCC)Cc1nc2ccc(C(C)C)cc2s1)[C@@H](C)CC. The summed E-state index contributed by atoms with van der Waals surface area (Å²) in [4.78, 5) is 46.4. The second-order valence-electron chi connectivity index (χ2n) is 11.9. The predicted octanol–water partition coefficient (Wildman–Crippen LogP) is 6.87. The Balaban J connectivity index is 1.70. The van der Waals surface area contributed by atoms with Gasteiger partial charge in [-0.05, 0) is 68.3 Å². The van der Waals surface area contributed by atoms with E-state index in [0.29, 0.717) is 43.7 Å². The van der Waals surface area contributed by atoms with Gasteiger partial charge in [0, 0.05) is 43.8 Å². The number of benzene rings is 1. The van der Waals surface area contributed by atoms with Crippen LogP contribution in [-0.4, -0.2) is 53.0 Å². The number of carbonyl (C=O) groups excluding carboxylic acids is 3. The number of rotatable bonds is 17. The van der Waals surface area contributed by atoms with E-state index in [1.807, 2.05) is 6.92 Å². The van der Waals surface area contributed by atoms with Gasteiger partial charge in [-0.1, -0.05) is 53.7 Å². The zero-order chi connectivity index (χ0) is 29.2. The van der Waals surface area contributed by atoms with Crippen LogP contribution in [0.25, 0.3) is 10.2 Å². The maximum atomic E-state index is 13.7. The molecule has 1 aliphatic heterocycles. The summed E-state index contributed by atoms with van der Waals surface area (Å²) >= 11 is 1.61. The number of ketones is 2. The molecule has 2 aromatic rings. The minimum absolute atomic E-state index is 0.0827. The molecule has 0 unspecified atom stereocenters. The van der Waals surface area contributed by atoms with Crippen LogP contribution in [0, 0.1) is 11.8 Å². The molecule has 1 aromatic heterocycles. The van der Waals surface area contributed by atoms with E-state index in [9.17, 15) is 14.4 Å². The first kappa shape index (κ1) is 32.1. The molecule has 220 valence electrons. The van der Waals surface area contributed by atoms with Gasteiger partial charge < -0.3 is 5.32 Å². The number of aromatic nitrogens is 1. The average molecular weight is 568 g/mol. The molecular weight excluding hydrogens is 518 g/mol. The summed E-state index contributed by atoms with van der Waals surface area (Å²) in [5.41, 5.74) is 2.87. The summed E-state index contributed by atoms with van der Waals surface area (Å²) in [6.45, 7) is 17.3. The van der Waals surface area contributed by atoms with Crippen LogP contribution in [-0.2, 0) is 20.8 Å². The van der Waals surface area contributed by atoms with Crippen LogP contribution in [0.15, 0.2) is 30.4 Å². The molecule has 2 heterocycles. The van der Waals surface area contributed by atoms with Crippen molar-refractivity contribution in [2.75, 3.05) is 19.6 Å². The maximum Gasteiger partial charge on any atom is 0.224 e. The lowest BCUT2D eigenvalue weighted by Gasteiger charge is -2.27. The van der Waals surface area contributed by atoms with E-state index in [2.05, 4.69) is 62.7 Å². The molecule has 1 aliphatic rings. The van der Waals surface area contributed by atoms with E-state index in [-0.39, 0.29) is 35.9 Å². The molecular formula is C33H49N3O3S. The fourth-order valence-corrected chi connectivity index (χ4v) is 6.50. The number of thiazole rings is 1. The number of hydrogen-bond acceptors (Lipinski definition) is 6. The Kier molecular flexibility index (Phi) is 12.5. The molecule has 3 atom stereocenters. The zero-order valence-electron chi connectivity index (χ0n) is 25.3. The van der Waals surface area contributed by atoms with Crippen LogP contribution in [0.3, 0.4) is 0 Å². The minimum atomic E-state index is -0.475. The van der Waals surface area contributed by atoms with Gasteiger partial charge in [-0.2, -0.15) is 0 Å². The van der Waals surface area contributed by atoms with Crippen LogP contribution in [0.2, 0.25) is 0 Å². The van der Waals surface area contributed by atoms with Gasteiger partial charge in [-0.25, -0.2) is 4.98 Å². The second kappa shape index (κ2) is 15.6. The van der Waals surface area contributed by atoms with Crippen molar-refractivity contribution in [3.8, 4) is 0 Å². The van der Waals surface area contributed by atoms with Crippen LogP contribution < -0.4 is 5.32 Å². The molecule has 0 spiro atoms. The van der Waals surface area contributed by atoms with Gasteiger partial charge >= 0.3 is 0 Å². The van der Waals surface area contributed by atoms with E-state index in [4.69, 9.17) is 4.98 Å². The zero-order valence-corrected chi connectivity index (χ0v) is 26.1. The second-order valence-corrected chi connectivity index (χ2v) is 13.0. The van der Waals surface area contributed by atoms with Gasteiger partial charge in [0.1, 0.15) is 5.78 Å². The molecule has 3 rings (SSSR count). The lowest BCUT2D eigenvalue weighted by Crippen LogP contribution is -2.43. The summed E-state index contributed by atoms with van der Waals surface area (Å²) in [6.07, 6.45) is 6.11. The molecule has 6 nitrogen and oxygen atoms in total. The summed E-state index contributed by atoms with van der Waals surface area (Å²) in [6, 6.07) is 6.22. The Labute approximate surface area is 245 Å². The molecule has 40 heavy (non-hydrogen) atoms. The molecule has 1 aromatic carbocycles. The fraction of sp³-hybridized carbons (Fsp3) is 0.636. The highest BCUT2D eigenvalue weighted by Gasteiger charge is 2.28. The smallest absolute Gasteiger partial charge is 0.224 e. The third kappa shape index (κ3) is 9.34. The van der Waals surface area contributed by atoms with Crippen molar-refractivity contribution in [2.45, 2.75) is 104 Å². The maximum absolute atomic E-state index is 13.7. The Morgan fingerprint density at radius 2 is 1.82 bits per heavy atom. The highest BCUT2D eigenvalue weighted by molar-refractivity contribution is 7.18. The number of Topliss-reactive ketones (excluding diaryl/α,β-unsaturated/α-hetero) is 2. The van der Waals surface area contributed by atoms with Crippen molar-refractivity contribution < 1.29 is 14.4 Å². The van der Waals surface area contributed by atoms with E-state index in [0.717, 1.165) is 41.2 Å². The molecule has 0 saturated carbocycles. The largest absolute Gasteiger partial charge is 0.353 e. The van der Waals surface area contributed by atoms with E-state index in [1.165, 1.54) is 18.4 Å². The highest BCUT2D eigenvalue weighted by Crippen LogP contribution is 2.29. The van der Waals surface area contributed by atoms with Crippen LogP contribution in [0.5, 0.6) is 0 Å². The topological polar surface area (TPSA) is 79.4 Å². The monoisotopic (exact) mass is 567 g/mol. The third-order valence-corrected chi connectivity index (χ3v) is 9.31. The lowest BCUT2D eigenvalue weighted by molar-refractivity contribution is -0.130. The Bertz CT molecular complexity index is 1160. The summed E-state index contributed by atoms with van der Waals surface area (Å²) in [7, 11) is 0. The van der Waals surface area contributed by atoms with Crippen molar-refractivity contribution >= 4 is 39.0 Å². The number of nitrogens with one attached hydrogen (secondary N) is 1. The third-order valence-electron chi connectivity index (χ3n) is 8.27. The molecule has 1 N–H and O–H groups in total. The van der Waals surface area contributed by atoms with Gasteiger partial charge in [-0.15, -0.1) is 11.3 Å². The van der Waals surface area contributed by atoms with Gasteiger partial charge in [0.2, 0.25) is 5.91 Å². The molecule has 7 heteroatoms. The van der Waals surface area contributed by atoms with Crippen molar-refractivity contribution in [2.24, 2.45) is 11.8 Å². The number of fused-ring (bicyclic) bond motifs is 1. The van der Waals surface area contributed by atoms with E-state index >= 15 is 0 Å². The van der Waals surface area contributed by atoms with Gasteiger partial charge in [-0.3, -0.25) is 19.3 Å². The molecule has 1 amide bonds. The van der Waals surface area contributed by atoms with Crippen molar-refractivity contribution in [3.63, 3.8) is 0 Å². The lowest BCUT2D eigenvalue weighted by atomic mass is 9.91. The number of likely N-dealkylation sites (tertiary alicyclic amines) is 1. The first-order valence-electron chi connectivity index (χ1n) is 15.3. The molecule has 1 saturated heterocycles. The number of carbonyl (C=O) groups is 3. The summed E-state index contributed by atoms with van der Waals surface area (Å²) in [5, 5.41) is 4.14. The Morgan fingerprint density at radius 3 is 2.48 bits per heavy atom. The van der Waals surface area contributed by atoms with Gasteiger partial charge in [0.25, 0.3) is 0 Å². The Morgan fingerprint density at radius 1 is 1.10 bits per heavy atom. The molecule has 0 aliphatic carbocycles. The standard InChI is InChI=1S/C33H49N3O3S/c1-7-11-27(37)18-26(20-32-34-29-13-12-25(22(3)4)19-31(29)40-32)33(39)35-28(23(5)8-2)14-15-30(38)24(6)21-36-16-9-10-17-36/h12-13,19,22-23,26,28H,6-11,14-18,20-21H2,1-5H3,(H,35,39)/t23-,26-,28+/m0/s1. The number of amides is 1.